The van der Waals surface area contributed by atoms with Gasteiger partial charge in [0, 0.05) is 27.8 Å². The summed E-state index contributed by atoms with van der Waals surface area (Å²) >= 11 is 0. The molecule has 0 radical (unpaired) electrons. The van der Waals surface area contributed by atoms with Crippen LogP contribution in [0.15, 0.2) is 188 Å². The van der Waals surface area contributed by atoms with E-state index in [4.69, 9.17) is 0 Å². The Bertz CT molecular complexity index is 2840. The van der Waals surface area contributed by atoms with Crippen LogP contribution in [-0.4, -0.2) is 6.04 Å². The molecule has 0 aliphatic heterocycles. The van der Waals surface area contributed by atoms with Gasteiger partial charge in [-0.1, -0.05) is 151 Å². The maximum Gasteiger partial charge on any atom is 0.0566 e. The highest BCUT2D eigenvalue weighted by Crippen LogP contribution is 2.47. The van der Waals surface area contributed by atoms with Crippen LogP contribution in [0, 0.1) is 6.92 Å². The second kappa shape index (κ2) is 12.8. The van der Waals surface area contributed by atoms with Gasteiger partial charge in [-0.3, -0.25) is 0 Å². The van der Waals surface area contributed by atoms with Crippen molar-refractivity contribution in [3.05, 3.63) is 205 Å². The van der Waals surface area contributed by atoms with Crippen molar-refractivity contribution in [1.82, 2.24) is 0 Å². The molecule has 2 nitrogen and oxygen atoms in total. The summed E-state index contributed by atoms with van der Waals surface area (Å²) in [5, 5.41) is 9.93. The lowest BCUT2D eigenvalue weighted by Crippen LogP contribution is -2.33. The van der Waals surface area contributed by atoms with Gasteiger partial charge < -0.3 is 9.80 Å². The fourth-order valence-electron chi connectivity index (χ4n) is 8.45. The fourth-order valence-corrected chi connectivity index (χ4v) is 8.45. The smallest absolute Gasteiger partial charge is 0.0566 e. The molecule has 9 aromatic carbocycles. The first-order valence-electron chi connectivity index (χ1n) is 18.5. The topological polar surface area (TPSA) is 6.48 Å². The third-order valence-electron chi connectivity index (χ3n) is 10.9. The summed E-state index contributed by atoms with van der Waals surface area (Å²) in [6, 6.07) is 67.0. The molecule has 0 saturated heterocycles. The van der Waals surface area contributed by atoms with Crippen LogP contribution in [0.25, 0.3) is 49.2 Å². The summed E-state index contributed by atoms with van der Waals surface area (Å²) < 4.78 is 0. The molecule has 9 aromatic rings. The Labute approximate surface area is 310 Å². The maximum atomic E-state index is 2.56. The van der Waals surface area contributed by atoms with Crippen molar-refractivity contribution in [2.75, 3.05) is 9.80 Å². The van der Waals surface area contributed by atoms with Gasteiger partial charge in [0.1, 0.15) is 0 Å². The molecule has 0 saturated carbocycles. The number of hydrogen-bond donors (Lipinski definition) is 0. The Morgan fingerprint density at radius 2 is 1.06 bits per heavy atom. The molecule has 0 heterocycles. The molecule has 0 fully saturated rings. The highest BCUT2D eigenvalue weighted by Gasteiger charge is 2.26. The molecule has 252 valence electrons. The highest BCUT2D eigenvalue weighted by molar-refractivity contribution is 6.24. The average Bonchev–Trinajstić information content (AvgIpc) is 3.22. The summed E-state index contributed by atoms with van der Waals surface area (Å²) in [6.07, 6.45) is 5.63. The molecule has 1 aliphatic rings. The number of hydrogen-bond acceptors (Lipinski definition) is 2. The van der Waals surface area contributed by atoms with Crippen molar-refractivity contribution in [1.29, 1.82) is 0 Å². The first kappa shape index (κ1) is 31.1. The molecule has 2 heteroatoms. The Hall–Kier alpha value is -6.64. The van der Waals surface area contributed by atoms with Gasteiger partial charge in [-0.2, -0.15) is 0 Å². The molecule has 1 aliphatic carbocycles. The van der Waals surface area contributed by atoms with Crippen LogP contribution >= 0.6 is 0 Å². The van der Waals surface area contributed by atoms with Gasteiger partial charge in [-0.05, 0) is 105 Å². The van der Waals surface area contributed by atoms with E-state index in [9.17, 15) is 0 Å². The molecule has 53 heavy (non-hydrogen) atoms. The first-order valence-corrected chi connectivity index (χ1v) is 18.5. The van der Waals surface area contributed by atoms with E-state index >= 15 is 0 Å². The van der Waals surface area contributed by atoms with E-state index in [1.54, 1.807) is 0 Å². The average molecular weight is 679 g/mol. The van der Waals surface area contributed by atoms with Crippen molar-refractivity contribution < 1.29 is 0 Å². The second-order valence-corrected chi connectivity index (χ2v) is 14.2. The third-order valence-corrected chi connectivity index (χ3v) is 10.9. The summed E-state index contributed by atoms with van der Waals surface area (Å²) in [6.45, 7) is 2.21. The van der Waals surface area contributed by atoms with Gasteiger partial charge in [-0.15, -0.1) is 0 Å². The fraction of sp³-hybridized carbons (Fsp3) is 0.0588. The Kier molecular flexibility index (Phi) is 7.54. The van der Waals surface area contributed by atoms with Crippen LogP contribution in [0.2, 0.25) is 0 Å². The lowest BCUT2D eigenvalue weighted by molar-refractivity contribution is 0.769. The Balaban J connectivity index is 1.26. The van der Waals surface area contributed by atoms with Gasteiger partial charge in [0.15, 0.2) is 0 Å². The third kappa shape index (κ3) is 5.43. The normalized spacial score (nSPS) is 13.8. The Morgan fingerprint density at radius 1 is 0.434 bits per heavy atom. The van der Waals surface area contributed by atoms with Crippen molar-refractivity contribution in [3.8, 4) is 0 Å². The molecular weight excluding hydrogens is 641 g/mol. The zero-order valence-electron chi connectivity index (χ0n) is 29.7. The highest BCUT2D eigenvalue weighted by atomic mass is 15.2. The number of rotatable bonds is 6. The van der Waals surface area contributed by atoms with E-state index in [1.807, 2.05) is 0 Å². The standard InChI is InChI=1S/C51H38N2/c1-35-24-29-46-47(30-35)49-34-50(52(40-18-4-2-5-19-40)42-27-25-36-14-8-10-16-38(36)31-42)45-23-13-12-22-44(45)48(49)33-51(46)53(41-20-6-3-7-21-41)43-28-26-37-15-9-11-17-39(37)32-43/h2-30,32-34,42H,31H2,1H3. The lowest BCUT2D eigenvalue weighted by atomic mass is 9.90. The van der Waals surface area contributed by atoms with Gasteiger partial charge >= 0.3 is 0 Å². The second-order valence-electron chi connectivity index (χ2n) is 14.2. The minimum absolute atomic E-state index is 0.155. The van der Waals surface area contributed by atoms with Crippen molar-refractivity contribution in [2.24, 2.45) is 0 Å². The summed E-state index contributed by atoms with van der Waals surface area (Å²) in [4.78, 5) is 5.00. The number of aryl methyl sites for hydroxylation is 1. The summed E-state index contributed by atoms with van der Waals surface area (Å²) in [5.74, 6) is 0. The minimum Gasteiger partial charge on any atom is -0.334 e. The molecular formula is C51H38N2. The maximum absolute atomic E-state index is 2.56. The van der Waals surface area contributed by atoms with Crippen LogP contribution in [-0.2, 0) is 6.42 Å². The monoisotopic (exact) mass is 678 g/mol. The summed E-state index contributed by atoms with van der Waals surface area (Å²) in [7, 11) is 0. The Morgan fingerprint density at radius 3 is 1.89 bits per heavy atom. The number of benzene rings is 9. The zero-order chi connectivity index (χ0) is 35.3. The van der Waals surface area contributed by atoms with E-state index in [0.717, 1.165) is 17.8 Å². The lowest BCUT2D eigenvalue weighted by Gasteiger charge is -2.35. The minimum atomic E-state index is 0.155. The van der Waals surface area contributed by atoms with E-state index in [1.165, 1.54) is 76.8 Å². The zero-order valence-corrected chi connectivity index (χ0v) is 29.7. The quantitative estimate of drug-likeness (QED) is 0.162. The summed E-state index contributed by atoms with van der Waals surface area (Å²) in [5.41, 5.74) is 9.78. The van der Waals surface area contributed by atoms with Crippen LogP contribution in [0.5, 0.6) is 0 Å². The van der Waals surface area contributed by atoms with Gasteiger partial charge in [0.05, 0.1) is 17.4 Å². The molecule has 1 atom stereocenters. The van der Waals surface area contributed by atoms with Crippen molar-refractivity contribution in [2.45, 2.75) is 19.4 Å². The van der Waals surface area contributed by atoms with E-state index in [2.05, 4.69) is 211 Å². The number of anilines is 5. The predicted octanol–water partition coefficient (Wildman–Crippen LogP) is 13.9. The molecule has 10 rings (SSSR count). The predicted molar refractivity (Wildman–Crippen MR) is 227 cm³/mol. The molecule has 0 bridgehead atoms. The van der Waals surface area contributed by atoms with Gasteiger partial charge in [-0.25, -0.2) is 0 Å². The van der Waals surface area contributed by atoms with Crippen LogP contribution in [0.3, 0.4) is 0 Å². The van der Waals surface area contributed by atoms with E-state index in [-0.39, 0.29) is 6.04 Å². The van der Waals surface area contributed by atoms with Crippen molar-refractivity contribution >= 4 is 77.6 Å². The molecule has 0 amide bonds. The van der Waals surface area contributed by atoms with E-state index < -0.39 is 0 Å². The number of nitrogens with zero attached hydrogens (tertiary/aromatic N) is 2. The SMILES string of the molecule is Cc1ccc2c(N(c3ccccc3)c3ccc4ccccc4c3)cc3c4ccccc4c(N(c4ccccc4)C4C=Cc5ccccc5C4)cc3c2c1. The largest absolute Gasteiger partial charge is 0.334 e. The van der Waals surface area contributed by atoms with Crippen LogP contribution in [0.1, 0.15) is 16.7 Å². The molecule has 0 spiro atoms. The number of para-hydroxylation sites is 2. The number of fused-ring (bicyclic) bond motifs is 7. The first-order chi connectivity index (χ1) is 26.2. The van der Waals surface area contributed by atoms with Crippen molar-refractivity contribution in [3.63, 3.8) is 0 Å². The van der Waals surface area contributed by atoms with E-state index in [0.29, 0.717) is 0 Å². The molecule has 0 N–H and O–H groups in total. The van der Waals surface area contributed by atoms with Gasteiger partial charge in [0.25, 0.3) is 0 Å². The van der Waals surface area contributed by atoms with Crippen LogP contribution in [0.4, 0.5) is 28.4 Å². The van der Waals surface area contributed by atoms with Gasteiger partial charge in [0.2, 0.25) is 0 Å². The van der Waals surface area contributed by atoms with Crippen LogP contribution < -0.4 is 9.80 Å². The molecule has 0 aromatic heterocycles. The molecule has 1 unspecified atom stereocenters.